The van der Waals surface area contributed by atoms with E-state index in [1.807, 2.05) is 11.7 Å². The third-order valence-electron chi connectivity index (χ3n) is 5.23. The largest absolute Gasteiger partial charge is 0.313 e. The molecule has 1 aromatic carbocycles. The molecule has 8 heteroatoms. The molecule has 0 amide bonds. The second kappa shape index (κ2) is 6.77. The molecule has 0 aliphatic heterocycles. The molecule has 1 aliphatic rings. The van der Waals surface area contributed by atoms with Crippen molar-refractivity contribution in [2.75, 3.05) is 7.05 Å². The Bertz CT molecular complexity index is 935. The summed E-state index contributed by atoms with van der Waals surface area (Å²) in [5.74, 6) is 1.73. The Hall–Kier alpha value is -2.32. The molecule has 1 fully saturated rings. The maximum atomic E-state index is 5.58. The monoisotopic (exact) mass is 370 g/mol. The summed E-state index contributed by atoms with van der Waals surface area (Å²) in [6, 6.07) is 8.78. The summed E-state index contributed by atoms with van der Waals surface area (Å²) in [6.07, 6.45) is 5.71. The molecular weight excluding hydrogens is 346 g/mol. The molecule has 0 radical (unpaired) electrons. The molecule has 1 aliphatic carbocycles. The molecule has 1 saturated carbocycles. The van der Waals surface area contributed by atoms with Gasteiger partial charge in [-0.25, -0.2) is 9.67 Å². The third kappa shape index (κ3) is 3.22. The maximum absolute atomic E-state index is 5.58. The van der Waals surface area contributed by atoms with Gasteiger partial charge < -0.3 is 9.47 Å². The van der Waals surface area contributed by atoms with Crippen LogP contribution in [-0.4, -0.2) is 36.2 Å². The van der Waals surface area contributed by atoms with E-state index < -0.39 is 0 Å². The quantitative estimate of drug-likeness (QED) is 0.670. The molecule has 0 bridgehead atoms. The van der Waals surface area contributed by atoms with E-state index in [0.717, 1.165) is 23.0 Å². The molecule has 2 aromatic heterocycles. The number of rotatable bonds is 6. The fraction of sp³-hybridized carbons (Fsp3) is 0.444. The first-order chi connectivity index (χ1) is 12.5. The van der Waals surface area contributed by atoms with Crippen LogP contribution in [0.5, 0.6) is 0 Å². The van der Waals surface area contributed by atoms with Crippen LogP contribution in [0.15, 0.2) is 36.9 Å². The smallest absolute Gasteiger partial charge is 0.202 e. The van der Waals surface area contributed by atoms with E-state index in [0.29, 0.717) is 12.0 Å². The summed E-state index contributed by atoms with van der Waals surface area (Å²) in [5, 5.41) is 8.94. The fourth-order valence-corrected chi connectivity index (χ4v) is 3.42. The zero-order valence-corrected chi connectivity index (χ0v) is 16.1. The van der Waals surface area contributed by atoms with Crippen molar-refractivity contribution in [3.05, 3.63) is 53.1 Å². The third-order valence-corrected chi connectivity index (χ3v) is 5.72. The van der Waals surface area contributed by atoms with Gasteiger partial charge in [0.25, 0.3) is 0 Å². The Morgan fingerprint density at radius 2 is 2.00 bits per heavy atom. The lowest BCUT2D eigenvalue weighted by Crippen LogP contribution is -3.08. The maximum Gasteiger partial charge on any atom is 0.202 e. The van der Waals surface area contributed by atoms with Gasteiger partial charge in [-0.15, -0.1) is 0 Å². The number of aromatic nitrogens is 6. The molecule has 2 atom stereocenters. The van der Waals surface area contributed by atoms with Gasteiger partial charge in [-0.2, -0.15) is 14.9 Å². The van der Waals surface area contributed by atoms with Gasteiger partial charge >= 0.3 is 0 Å². The van der Waals surface area contributed by atoms with Crippen molar-refractivity contribution in [2.45, 2.75) is 38.4 Å². The summed E-state index contributed by atoms with van der Waals surface area (Å²) >= 11 is 5.58. The van der Waals surface area contributed by atoms with Crippen LogP contribution in [-0.2, 0) is 13.7 Å². The van der Waals surface area contributed by atoms with Crippen molar-refractivity contribution < 1.29 is 4.90 Å². The average Bonchev–Trinajstić information content (AvgIpc) is 3.27. The van der Waals surface area contributed by atoms with Gasteiger partial charge in [0, 0.05) is 18.5 Å². The molecule has 0 saturated heterocycles. The van der Waals surface area contributed by atoms with E-state index in [9.17, 15) is 0 Å². The molecule has 1 N–H and O–H groups in total. The fourth-order valence-electron chi connectivity index (χ4n) is 3.22. The predicted octanol–water partition coefficient (Wildman–Crippen LogP) is 1.64. The molecule has 7 nitrogen and oxygen atoms in total. The summed E-state index contributed by atoms with van der Waals surface area (Å²) in [5.41, 5.74) is 2.29. The number of hydrogen-bond acceptors (Lipinski definition) is 4. The molecule has 26 heavy (non-hydrogen) atoms. The van der Waals surface area contributed by atoms with Crippen molar-refractivity contribution in [1.29, 1.82) is 0 Å². The van der Waals surface area contributed by atoms with E-state index >= 15 is 0 Å². The van der Waals surface area contributed by atoms with E-state index in [-0.39, 0.29) is 0 Å². The van der Waals surface area contributed by atoms with Gasteiger partial charge in [-0.1, -0.05) is 12.1 Å². The van der Waals surface area contributed by atoms with E-state index in [2.05, 4.69) is 52.9 Å². The Balaban J connectivity index is 1.48. The molecule has 0 spiro atoms. The first-order valence-electron chi connectivity index (χ1n) is 8.95. The lowest BCUT2D eigenvalue weighted by atomic mass is 10.1. The van der Waals surface area contributed by atoms with Crippen molar-refractivity contribution in [2.24, 2.45) is 7.05 Å². The van der Waals surface area contributed by atoms with Crippen LogP contribution >= 0.6 is 12.2 Å². The topological polar surface area (TPSA) is 57.9 Å². The van der Waals surface area contributed by atoms with Crippen LogP contribution in [0.1, 0.15) is 43.1 Å². The minimum absolute atomic E-state index is 0.327. The van der Waals surface area contributed by atoms with E-state index in [1.165, 1.54) is 23.3 Å². The predicted molar refractivity (Wildman–Crippen MR) is 101 cm³/mol. The van der Waals surface area contributed by atoms with E-state index in [4.69, 9.17) is 17.3 Å². The van der Waals surface area contributed by atoms with Crippen molar-refractivity contribution in [3.63, 3.8) is 0 Å². The summed E-state index contributed by atoms with van der Waals surface area (Å²) < 4.78 is 6.61. The summed E-state index contributed by atoms with van der Waals surface area (Å²) in [4.78, 5) is 5.33. The Morgan fingerprint density at radius 1 is 1.27 bits per heavy atom. The molecule has 3 aromatic rings. The van der Waals surface area contributed by atoms with Crippen LogP contribution in [0.3, 0.4) is 0 Å². The van der Waals surface area contributed by atoms with Crippen LogP contribution in [0, 0.1) is 4.77 Å². The lowest BCUT2D eigenvalue weighted by molar-refractivity contribution is -0.933. The van der Waals surface area contributed by atoms with Crippen LogP contribution in [0.25, 0.3) is 5.69 Å². The zero-order chi connectivity index (χ0) is 18.3. The molecule has 136 valence electrons. The molecule has 1 unspecified atom stereocenters. The van der Waals surface area contributed by atoms with Gasteiger partial charge in [0.2, 0.25) is 4.77 Å². The Labute approximate surface area is 157 Å². The highest BCUT2D eigenvalue weighted by molar-refractivity contribution is 7.71. The van der Waals surface area contributed by atoms with Crippen molar-refractivity contribution >= 4 is 12.2 Å². The number of benzene rings is 1. The second-order valence-corrected chi connectivity index (χ2v) is 7.50. The van der Waals surface area contributed by atoms with Crippen LogP contribution in [0.4, 0.5) is 0 Å². The Kier molecular flexibility index (Phi) is 4.46. The zero-order valence-electron chi connectivity index (χ0n) is 15.3. The standard InChI is InChI=1S/C18H23N7S/c1-13(14-6-8-16(9-7-14)24-11-19-10-20-24)22(2)12-25-18(26)23(3)17(21-25)15-4-5-15/h6-11,13,15H,4-5,12H2,1-3H3/p+1/t13-/m1/s1. The lowest BCUT2D eigenvalue weighted by Gasteiger charge is -2.22. The highest BCUT2D eigenvalue weighted by Gasteiger charge is 2.29. The molecule has 2 heterocycles. The number of hydrogen-bond donors (Lipinski definition) is 1. The normalized spacial score (nSPS) is 16.6. The van der Waals surface area contributed by atoms with Crippen molar-refractivity contribution in [1.82, 2.24) is 29.1 Å². The minimum Gasteiger partial charge on any atom is -0.313 e. The van der Waals surface area contributed by atoms with Gasteiger partial charge in [0.1, 0.15) is 24.5 Å². The van der Waals surface area contributed by atoms with E-state index in [1.54, 1.807) is 17.3 Å². The molecule has 4 rings (SSSR count). The minimum atomic E-state index is 0.327. The highest BCUT2D eigenvalue weighted by atomic mass is 32.1. The van der Waals surface area contributed by atoms with Gasteiger partial charge in [-0.05, 0) is 44.1 Å². The SMILES string of the molecule is C[C@H](c1ccc(-n2cncn2)cc1)[NH+](C)Cn1nc(C2CC2)n(C)c1=S. The number of nitrogens with zero attached hydrogens (tertiary/aromatic N) is 6. The van der Waals surface area contributed by atoms with Gasteiger partial charge in [-0.3, -0.25) is 0 Å². The van der Waals surface area contributed by atoms with Gasteiger partial charge in [0.05, 0.1) is 12.7 Å². The molecular formula is C18H24N7S+. The van der Waals surface area contributed by atoms with Crippen LogP contribution in [0.2, 0.25) is 0 Å². The van der Waals surface area contributed by atoms with Crippen LogP contribution < -0.4 is 4.90 Å². The first-order valence-corrected chi connectivity index (χ1v) is 9.36. The van der Waals surface area contributed by atoms with Gasteiger partial charge in [0.15, 0.2) is 6.67 Å². The van der Waals surface area contributed by atoms with Crippen molar-refractivity contribution in [3.8, 4) is 5.69 Å². The summed E-state index contributed by atoms with van der Waals surface area (Å²) in [7, 11) is 4.21. The average molecular weight is 371 g/mol. The Morgan fingerprint density at radius 3 is 2.62 bits per heavy atom. The second-order valence-electron chi connectivity index (χ2n) is 7.13. The highest BCUT2D eigenvalue weighted by Crippen LogP contribution is 2.38. The number of quaternary nitrogens is 1. The first kappa shape index (κ1) is 17.1. The summed E-state index contributed by atoms with van der Waals surface area (Å²) in [6.45, 7) is 2.99. The number of nitrogens with one attached hydrogen (secondary N) is 1.